The van der Waals surface area contributed by atoms with E-state index in [1.54, 1.807) is 11.0 Å². The Kier molecular flexibility index (Phi) is 3.92. The van der Waals surface area contributed by atoms with Crippen LogP contribution < -0.4 is 5.32 Å². The summed E-state index contributed by atoms with van der Waals surface area (Å²) in [4.78, 5) is 37.4. The lowest BCUT2D eigenvalue weighted by Crippen LogP contribution is -2.52. The normalized spacial score (nSPS) is 20.4. The van der Waals surface area contributed by atoms with Crippen LogP contribution in [0, 0.1) is 17.3 Å². The van der Waals surface area contributed by atoms with E-state index in [9.17, 15) is 14.4 Å². The molecule has 2 heterocycles. The summed E-state index contributed by atoms with van der Waals surface area (Å²) in [6.07, 6.45) is 0.639. The van der Waals surface area contributed by atoms with Crippen LogP contribution in [-0.4, -0.2) is 28.7 Å². The predicted molar refractivity (Wildman–Crippen MR) is 88.8 cm³/mol. The van der Waals surface area contributed by atoms with Gasteiger partial charge in [-0.1, -0.05) is 11.8 Å². The van der Waals surface area contributed by atoms with Crippen molar-refractivity contribution in [2.75, 3.05) is 0 Å². The Bertz CT molecular complexity index is 793. The molecule has 0 radical (unpaired) electrons. The molecule has 5 nitrogen and oxygen atoms in total. The maximum Gasteiger partial charge on any atom is 0.255 e. The predicted octanol–water partition coefficient (Wildman–Crippen LogP) is 1.85. The highest BCUT2D eigenvalue weighted by molar-refractivity contribution is 6.05. The molecule has 5 heteroatoms. The number of rotatable bonds is 1. The summed E-state index contributed by atoms with van der Waals surface area (Å²) in [5.74, 6) is 5.49. The van der Waals surface area contributed by atoms with E-state index in [1.165, 1.54) is 0 Å². The van der Waals surface area contributed by atoms with E-state index in [2.05, 4.69) is 17.2 Å². The summed E-state index contributed by atoms with van der Waals surface area (Å²) < 4.78 is 0. The number of benzene rings is 1. The van der Waals surface area contributed by atoms with Gasteiger partial charge in [-0.3, -0.25) is 19.7 Å². The monoisotopic (exact) mass is 324 g/mol. The van der Waals surface area contributed by atoms with Gasteiger partial charge in [-0.25, -0.2) is 0 Å². The van der Waals surface area contributed by atoms with Gasteiger partial charge < -0.3 is 4.90 Å². The van der Waals surface area contributed by atoms with Crippen LogP contribution in [0.4, 0.5) is 0 Å². The average molecular weight is 324 g/mol. The van der Waals surface area contributed by atoms with Gasteiger partial charge in [0.15, 0.2) is 0 Å². The summed E-state index contributed by atoms with van der Waals surface area (Å²) >= 11 is 0. The number of piperidine rings is 1. The number of amides is 3. The first-order chi connectivity index (χ1) is 11.2. The molecule has 1 atom stereocenters. The Hall–Kier alpha value is -2.61. The van der Waals surface area contributed by atoms with E-state index in [0.29, 0.717) is 18.5 Å². The van der Waals surface area contributed by atoms with E-state index in [-0.39, 0.29) is 29.6 Å². The highest BCUT2D eigenvalue weighted by Crippen LogP contribution is 2.28. The summed E-state index contributed by atoms with van der Waals surface area (Å²) in [7, 11) is 0. The van der Waals surface area contributed by atoms with Crippen molar-refractivity contribution in [2.24, 2.45) is 5.41 Å². The third-order valence-electron chi connectivity index (χ3n) is 4.11. The van der Waals surface area contributed by atoms with Crippen LogP contribution >= 0.6 is 0 Å². The van der Waals surface area contributed by atoms with E-state index >= 15 is 0 Å². The lowest BCUT2D eigenvalue weighted by molar-refractivity contribution is -0.136. The lowest BCUT2D eigenvalue weighted by Gasteiger charge is -2.29. The van der Waals surface area contributed by atoms with Gasteiger partial charge in [0.1, 0.15) is 6.04 Å². The van der Waals surface area contributed by atoms with Crippen LogP contribution in [0.3, 0.4) is 0 Å². The molecule has 3 amide bonds. The fraction of sp³-hybridized carbons (Fsp3) is 0.421. The average Bonchev–Trinajstić information content (AvgIpc) is 2.81. The molecule has 1 N–H and O–H groups in total. The second-order valence-corrected chi connectivity index (χ2v) is 7.27. The number of nitrogens with zero attached hydrogens (tertiary/aromatic N) is 1. The van der Waals surface area contributed by atoms with Crippen LogP contribution in [0.25, 0.3) is 0 Å². The highest BCUT2D eigenvalue weighted by Gasteiger charge is 2.38. The fourth-order valence-electron chi connectivity index (χ4n) is 2.91. The zero-order valence-corrected chi connectivity index (χ0v) is 14.1. The van der Waals surface area contributed by atoms with Gasteiger partial charge in [-0.15, -0.1) is 0 Å². The first-order valence-electron chi connectivity index (χ1n) is 8.05. The minimum atomic E-state index is -0.577. The Labute approximate surface area is 141 Å². The van der Waals surface area contributed by atoms with Gasteiger partial charge in [0.05, 0.1) is 0 Å². The summed E-state index contributed by atoms with van der Waals surface area (Å²) in [5.41, 5.74) is 2.26. The van der Waals surface area contributed by atoms with Crippen molar-refractivity contribution in [3.05, 3.63) is 34.9 Å². The zero-order valence-electron chi connectivity index (χ0n) is 14.1. The number of carbonyl (C=O) groups is 3. The SMILES string of the molecule is CC(C)(C)C#Cc1ccc2c(c1)CN(C1CCC(=O)NC1=O)C2=O. The van der Waals surface area contributed by atoms with E-state index in [4.69, 9.17) is 0 Å². The third-order valence-corrected chi connectivity index (χ3v) is 4.11. The Morgan fingerprint density at radius 2 is 1.96 bits per heavy atom. The molecule has 0 aliphatic carbocycles. The molecule has 1 unspecified atom stereocenters. The van der Waals surface area contributed by atoms with E-state index in [1.807, 2.05) is 32.9 Å². The van der Waals surface area contributed by atoms with Gasteiger partial charge >= 0.3 is 0 Å². The largest absolute Gasteiger partial charge is 0.322 e. The van der Waals surface area contributed by atoms with E-state index in [0.717, 1.165) is 11.1 Å². The number of fused-ring (bicyclic) bond motifs is 1. The molecule has 24 heavy (non-hydrogen) atoms. The first-order valence-corrected chi connectivity index (χ1v) is 8.05. The molecule has 1 aromatic carbocycles. The number of hydrogen-bond acceptors (Lipinski definition) is 3. The Balaban J connectivity index is 1.83. The number of nitrogens with one attached hydrogen (secondary N) is 1. The topological polar surface area (TPSA) is 66.5 Å². The molecular weight excluding hydrogens is 304 g/mol. The first kappa shape index (κ1) is 16.3. The van der Waals surface area contributed by atoms with Crippen molar-refractivity contribution >= 4 is 17.7 Å². The molecule has 3 rings (SSSR count). The van der Waals surface area contributed by atoms with Crippen LogP contribution in [0.15, 0.2) is 18.2 Å². The molecule has 0 spiro atoms. The fourth-order valence-corrected chi connectivity index (χ4v) is 2.91. The van der Waals surface area contributed by atoms with Crippen molar-refractivity contribution in [1.29, 1.82) is 0 Å². The minimum absolute atomic E-state index is 0.0897. The molecule has 1 fully saturated rings. The molecule has 1 saturated heterocycles. The molecule has 1 aromatic rings. The maximum atomic E-state index is 12.6. The van der Waals surface area contributed by atoms with Crippen LogP contribution in [0.2, 0.25) is 0 Å². The minimum Gasteiger partial charge on any atom is -0.322 e. The Morgan fingerprint density at radius 1 is 1.21 bits per heavy atom. The molecule has 2 aliphatic heterocycles. The van der Waals surface area contributed by atoms with Crippen LogP contribution in [-0.2, 0) is 16.1 Å². The number of carbonyl (C=O) groups excluding carboxylic acids is 3. The van der Waals surface area contributed by atoms with Crippen molar-refractivity contribution in [1.82, 2.24) is 10.2 Å². The summed E-state index contributed by atoms with van der Waals surface area (Å²) in [5, 5.41) is 2.31. The molecule has 124 valence electrons. The number of imide groups is 1. The molecule has 0 aromatic heterocycles. The smallest absolute Gasteiger partial charge is 0.255 e. The van der Waals surface area contributed by atoms with Gasteiger partial charge in [0, 0.05) is 29.5 Å². The second kappa shape index (κ2) is 5.79. The number of hydrogen-bond donors (Lipinski definition) is 1. The highest BCUT2D eigenvalue weighted by atomic mass is 16.2. The molecular formula is C19H20N2O3. The van der Waals surface area contributed by atoms with Gasteiger partial charge in [-0.05, 0) is 51.0 Å². The quantitative estimate of drug-likeness (QED) is 0.633. The van der Waals surface area contributed by atoms with Gasteiger partial charge in [0.2, 0.25) is 11.8 Å². The maximum absolute atomic E-state index is 12.6. The van der Waals surface area contributed by atoms with E-state index < -0.39 is 6.04 Å². The molecule has 0 saturated carbocycles. The van der Waals surface area contributed by atoms with Gasteiger partial charge in [0.25, 0.3) is 5.91 Å². The van der Waals surface area contributed by atoms with Crippen molar-refractivity contribution < 1.29 is 14.4 Å². The zero-order chi connectivity index (χ0) is 17.5. The second-order valence-electron chi connectivity index (χ2n) is 7.27. The summed E-state index contributed by atoms with van der Waals surface area (Å²) in [6.45, 7) is 6.51. The lowest BCUT2D eigenvalue weighted by atomic mass is 9.97. The van der Waals surface area contributed by atoms with Crippen molar-refractivity contribution in [3.8, 4) is 11.8 Å². The molecule has 2 aliphatic rings. The van der Waals surface area contributed by atoms with Crippen molar-refractivity contribution in [2.45, 2.75) is 46.2 Å². The van der Waals surface area contributed by atoms with Crippen LogP contribution in [0.1, 0.15) is 55.1 Å². The Morgan fingerprint density at radius 3 is 2.62 bits per heavy atom. The standard InChI is InChI=1S/C19H20N2O3/c1-19(2,3)9-8-12-4-5-14-13(10-12)11-21(18(14)24)15-6-7-16(22)20-17(15)23/h4-5,10,15H,6-7,11H2,1-3H3,(H,20,22,23). The third kappa shape index (κ3) is 3.18. The summed E-state index contributed by atoms with van der Waals surface area (Å²) in [6, 6.07) is 4.95. The van der Waals surface area contributed by atoms with Crippen molar-refractivity contribution in [3.63, 3.8) is 0 Å². The molecule has 0 bridgehead atoms. The van der Waals surface area contributed by atoms with Gasteiger partial charge in [-0.2, -0.15) is 0 Å². The van der Waals surface area contributed by atoms with Crippen LogP contribution in [0.5, 0.6) is 0 Å².